The van der Waals surface area contributed by atoms with E-state index < -0.39 is 5.97 Å². The molecule has 0 aliphatic heterocycles. The average molecular weight is 307 g/mol. The van der Waals surface area contributed by atoms with E-state index >= 15 is 0 Å². The number of rotatable bonds is 2. The monoisotopic (exact) mass is 307 g/mol. The molecule has 4 saturated carbocycles. The van der Waals surface area contributed by atoms with Gasteiger partial charge in [-0.25, -0.2) is 4.79 Å². The number of fused-ring (bicyclic) bond motifs is 1. The quantitative estimate of drug-likeness (QED) is 0.894. The van der Waals surface area contributed by atoms with Crippen LogP contribution in [0.25, 0.3) is 10.9 Å². The van der Waals surface area contributed by atoms with Gasteiger partial charge in [0.1, 0.15) is 0 Å². The Kier molecular flexibility index (Phi) is 2.68. The van der Waals surface area contributed by atoms with Crippen molar-refractivity contribution in [2.75, 3.05) is 0 Å². The summed E-state index contributed by atoms with van der Waals surface area (Å²) in [4.78, 5) is 16.1. The van der Waals surface area contributed by atoms with Crippen LogP contribution in [0.3, 0.4) is 0 Å². The van der Waals surface area contributed by atoms with Crippen molar-refractivity contribution in [1.29, 1.82) is 0 Å². The molecule has 0 saturated heterocycles. The molecule has 4 aliphatic carbocycles. The van der Waals surface area contributed by atoms with Crippen molar-refractivity contribution in [2.24, 2.45) is 17.8 Å². The topological polar surface area (TPSA) is 50.2 Å². The Bertz CT molecular complexity index is 775. The van der Waals surface area contributed by atoms with Gasteiger partial charge in [0.05, 0.1) is 11.1 Å². The fraction of sp³-hybridized carbons (Fsp3) is 0.500. The molecule has 23 heavy (non-hydrogen) atoms. The zero-order chi connectivity index (χ0) is 15.6. The predicted octanol–water partition coefficient (Wildman–Crippen LogP) is 4.40. The van der Waals surface area contributed by atoms with Crippen LogP contribution in [-0.2, 0) is 5.41 Å². The lowest BCUT2D eigenvalue weighted by molar-refractivity contribution is -0.00705. The minimum Gasteiger partial charge on any atom is -0.478 e. The SMILES string of the molecule is O=C(O)c1ccc2nc(C34CC5CC(CC(C5)C3)C4)ccc2c1. The molecule has 1 aromatic carbocycles. The number of carbonyl (C=O) groups is 1. The van der Waals surface area contributed by atoms with E-state index in [1.807, 2.05) is 6.07 Å². The Morgan fingerprint density at radius 3 is 2.26 bits per heavy atom. The summed E-state index contributed by atoms with van der Waals surface area (Å²) in [6.45, 7) is 0. The smallest absolute Gasteiger partial charge is 0.335 e. The molecular weight excluding hydrogens is 286 g/mol. The molecule has 4 aliphatic rings. The summed E-state index contributed by atoms with van der Waals surface area (Å²) < 4.78 is 0. The third-order valence-electron chi connectivity index (χ3n) is 6.52. The highest BCUT2D eigenvalue weighted by Gasteiger charge is 2.52. The number of aromatic carboxylic acids is 1. The van der Waals surface area contributed by atoms with Crippen LogP contribution in [0.4, 0.5) is 0 Å². The summed E-state index contributed by atoms with van der Waals surface area (Å²) in [5.74, 6) is 1.85. The first-order valence-electron chi connectivity index (χ1n) is 8.76. The van der Waals surface area contributed by atoms with E-state index in [0.29, 0.717) is 11.0 Å². The molecule has 0 radical (unpaired) electrons. The molecule has 6 rings (SSSR count). The average Bonchev–Trinajstić information content (AvgIpc) is 2.52. The van der Waals surface area contributed by atoms with Crippen LogP contribution in [0.5, 0.6) is 0 Å². The molecule has 4 bridgehead atoms. The summed E-state index contributed by atoms with van der Waals surface area (Å²) >= 11 is 0. The van der Waals surface area contributed by atoms with Crippen molar-refractivity contribution >= 4 is 16.9 Å². The number of benzene rings is 1. The highest BCUT2D eigenvalue weighted by atomic mass is 16.4. The number of hydrogen-bond acceptors (Lipinski definition) is 2. The molecule has 0 atom stereocenters. The Hall–Kier alpha value is -1.90. The van der Waals surface area contributed by atoms with Crippen molar-refractivity contribution in [3.05, 3.63) is 41.6 Å². The zero-order valence-corrected chi connectivity index (χ0v) is 13.2. The van der Waals surface area contributed by atoms with Gasteiger partial charge in [0.2, 0.25) is 0 Å². The van der Waals surface area contributed by atoms with E-state index in [1.54, 1.807) is 12.1 Å². The third kappa shape index (κ3) is 2.02. The van der Waals surface area contributed by atoms with Crippen LogP contribution >= 0.6 is 0 Å². The Morgan fingerprint density at radius 1 is 1.00 bits per heavy atom. The number of carboxylic acid groups (broad SMARTS) is 1. The van der Waals surface area contributed by atoms with Crippen LogP contribution in [0.2, 0.25) is 0 Å². The summed E-state index contributed by atoms with van der Waals surface area (Å²) in [6.07, 6.45) is 8.25. The maximum Gasteiger partial charge on any atom is 0.335 e. The van der Waals surface area contributed by atoms with Crippen LogP contribution in [0.1, 0.15) is 54.6 Å². The van der Waals surface area contributed by atoms with Gasteiger partial charge in [0, 0.05) is 16.5 Å². The highest BCUT2D eigenvalue weighted by molar-refractivity contribution is 5.93. The molecule has 2 aromatic rings. The molecule has 1 aromatic heterocycles. The highest BCUT2D eigenvalue weighted by Crippen LogP contribution is 2.60. The standard InChI is InChI=1S/C20H21NO2/c22-19(23)16-1-3-17-15(8-16)2-4-18(21-17)20-9-12-5-13(10-20)7-14(6-12)11-20/h1-4,8,12-14H,5-7,9-11H2,(H,22,23). The first kappa shape index (κ1) is 13.5. The number of hydrogen-bond donors (Lipinski definition) is 1. The second-order valence-electron chi connectivity index (χ2n) is 8.11. The Morgan fingerprint density at radius 2 is 1.65 bits per heavy atom. The van der Waals surface area contributed by atoms with Crippen molar-refractivity contribution < 1.29 is 9.90 Å². The van der Waals surface area contributed by atoms with Crippen molar-refractivity contribution in [3.63, 3.8) is 0 Å². The first-order chi connectivity index (χ1) is 11.1. The Labute approximate surface area is 135 Å². The largest absolute Gasteiger partial charge is 0.478 e. The van der Waals surface area contributed by atoms with Crippen LogP contribution in [0, 0.1) is 17.8 Å². The third-order valence-corrected chi connectivity index (χ3v) is 6.52. The van der Waals surface area contributed by atoms with Crippen LogP contribution in [0.15, 0.2) is 30.3 Å². The van der Waals surface area contributed by atoms with E-state index in [4.69, 9.17) is 10.1 Å². The van der Waals surface area contributed by atoms with Gasteiger partial charge in [-0.3, -0.25) is 4.98 Å². The number of aromatic nitrogens is 1. The maximum atomic E-state index is 11.1. The van der Waals surface area contributed by atoms with E-state index in [1.165, 1.54) is 44.2 Å². The normalized spacial score (nSPS) is 34.9. The summed E-state index contributed by atoms with van der Waals surface area (Å²) in [7, 11) is 0. The summed E-state index contributed by atoms with van der Waals surface area (Å²) in [5, 5.41) is 10.1. The van der Waals surface area contributed by atoms with Gasteiger partial charge in [-0.2, -0.15) is 0 Å². The second-order valence-corrected chi connectivity index (χ2v) is 8.11. The molecule has 0 spiro atoms. The number of pyridine rings is 1. The summed E-state index contributed by atoms with van der Waals surface area (Å²) in [6, 6.07) is 9.50. The van der Waals surface area contributed by atoms with Crippen LogP contribution < -0.4 is 0 Å². The molecular formula is C20H21NO2. The maximum absolute atomic E-state index is 11.1. The van der Waals surface area contributed by atoms with E-state index in [2.05, 4.69) is 12.1 Å². The van der Waals surface area contributed by atoms with Crippen molar-refractivity contribution in [1.82, 2.24) is 4.98 Å². The molecule has 4 fully saturated rings. The Balaban J connectivity index is 1.58. The van der Waals surface area contributed by atoms with Gasteiger partial charge < -0.3 is 5.11 Å². The fourth-order valence-electron chi connectivity index (χ4n) is 5.98. The van der Waals surface area contributed by atoms with Crippen molar-refractivity contribution in [2.45, 2.75) is 43.9 Å². The second kappa shape index (κ2) is 4.56. The van der Waals surface area contributed by atoms with Gasteiger partial charge in [-0.1, -0.05) is 6.07 Å². The fourth-order valence-corrected chi connectivity index (χ4v) is 5.98. The number of nitrogens with zero attached hydrogens (tertiary/aromatic N) is 1. The molecule has 3 nitrogen and oxygen atoms in total. The van der Waals surface area contributed by atoms with E-state index in [-0.39, 0.29) is 0 Å². The minimum atomic E-state index is -0.878. The van der Waals surface area contributed by atoms with Gasteiger partial charge in [0.15, 0.2) is 0 Å². The predicted molar refractivity (Wildman–Crippen MR) is 88.6 cm³/mol. The van der Waals surface area contributed by atoms with E-state index in [0.717, 1.165) is 28.7 Å². The number of carboxylic acids is 1. The molecule has 0 amide bonds. The van der Waals surface area contributed by atoms with Gasteiger partial charge >= 0.3 is 5.97 Å². The van der Waals surface area contributed by atoms with E-state index in [9.17, 15) is 4.79 Å². The van der Waals surface area contributed by atoms with Gasteiger partial charge in [0.25, 0.3) is 0 Å². The lowest BCUT2D eigenvalue weighted by atomic mass is 9.49. The molecule has 1 heterocycles. The van der Waals surface area contributed by atoms with Crippen LogP contribution in [-0.4, -0.2) is 16.1 Å². The molecule has 3 heteroatoms. The lowest BCUT2D eigenvalue weighted by Gasteiger charge is -2.56. The first-order valence-corrected chi connectivity index (χ1v) is 8.76. The molecule has 118 valence electrons. The minimum absolute atomic E-state index is 0.300. The lowest BCUT2D eigenvalue weighted by Crippen LogP contribution is -2.48. The van der Waals surface area contributed by atoms with Gasteiger partial charge in [-0.15, -0.1) is 0 Å². The molecule has 0 unspecified atom stereocenters. The summed E-state index contributed by atoms with van der Waals surface area (Å²) in [5.41, 5.74) is 2.83. The van der Waals surface area contributed by atoms with Crippen molar-refractivity contribution in [3.8, 4) is 0 Å². The zero-order valence-electron chi connectivity index (χ0n) is 13.2. The van der Waals surface area contributed by atoms with Gasteiger partial charge in [-0.05, 0) is 80.5 Å². The molecule has 1 N–H and O–H groups in total.